The molecule has 0 unspecified atom stereocenters. The molecule has 0 bridgehead atoms. The SMILES string of the molecule is C[C@@H]1COCC[C@H]1NC1CC(N2C(=O)C(C)(C)c3ccc(B4OC(C)(C)C(C)(C)O4)cc32)C1. The molecule has 4 aliphatic rings. The molecule has 3 fully saturated rings. The molecular formula is C26H39BN2O4. The summed E-state index contributed by atoms with van der Waals surface area (Å²) in [6.07, 6.45) is 3.05. The van der Waals surface area contributed by atoms with Crippen molar-refractivity contribution in [3.8, 4) is 0 Å². The van der Waals surface area contributed by atoms with E-state index >= 15 is 0 Å². The van der Waals surface area contributed by atoms with Crippen molar-refractivity contribution in [1.82, 2.24) is 5.32 Å². The minimum absolute atomic E-state index is 0.200. The Morgan fingerprint density at radius 3 is 2.36 bits per heavy atom. The first-order valence-electron chi connectivity index (χ1n) is 12.6. The number of hydrogen-bond acceptors (Lipinski definition) is 5. The van der Waals surface area contributed by atoms with E-state index < -0.39 is 12.5 Å². The van der Waals surface area contributed by atoms with Gasteiger partial charge in [0.05, 0.1) is 23.2 Å². The van der Waals surface area contributed by atoms with Crippen molar-refractivity contribution >= 4 is 24.2 Å². The van der Waals surface area contributed by atoms with E-state index in [2.05, 4.69) is 63.0 Å². The van der Waals surface area contributed by atoms with E-state index in [1.807, 2.05) is 13.8 Å². The van der Waals surface area contributed by atoms with Crippen molar-refractivity contribution in [3.05, 3.63) is 23.8 Å². The van der Waals surface area contributed by atoms with E-state index in [1.165, 1.54) is 0 Å². The fourth-order valence-electron chi connectivity index (χ4n) is 5.66. The second-order valence-corrected chi connectivity index (χ2v) is 12.1. The molecule has 1 aromatic rings. The Hall–Kier alpha value is -1.41. The maximum absolute atomic E-state index is 13.5. The Kier molecular flexibility index (Phi) is 5.52. The van der Waals surface area contributed by atoms with Crippen LogP contribution >= 0.6 is 0 Å². The van der Waals surface area contributed by atoms with Gasteiger partial charge in [-0.2, -0.15) is 0 Å². The van der Waals surface area contributed by atoms with Gasteiger partial charge in [-0.1, -0.05) is 19.1 Å². The molecule has 0 spiro atoms. The van der Waals surface area contributed by atoms with Crippen LogP contribution in [-0.2, 0) is 24.3 Å². The third kappa shape index (κ3) is 3.76. The molecule has 5 rings (SSSR count). The Labute approximate surface area is 198 Å². The number of nitrogens with one attached hydrogen (secondary N) is 1. The van der Waals surface area contributed by atoms with Crippen molar-refractivity contribution in [2.24, 2.45) is 5.92 Å². The summed E-state index contributed by atoms with van der Waals surface area (Å²) in [4.78, 5) is 15.6. The topological polar surface area (TPSA) is 60.0 Å². The summed E-state index contributed by atoms with van der Waals surface area (Å²) in [5, 5.41) is 3.83. The van der Waals surface area contributed by atoms with Gasteiger partial charge in [0.15, 0.2) is 0 Å². The number of benzene rings is 1. The zero-order chi connectivity index (χ0) is 23.8. The van der Waals surface area contributed by atoms with Crippen molar-refractivity contribution < 1.29 is 18.8 Å². The molecular weight excluding hydrogens is 415 g/mol. The van der Waals surface area contributed by atoms with E-state index in [9.17, 15) is 4.79 Å². The molecule has 7 heteroatoms. The van der Waals surface area contributed by atoms with Crippen LogP contribution in [0.1, 0.15) is 73.3 Å². The smallest absolute Gasteiger partial charge is 0.399 e. The van der Waals surface area contributed by atoms with E-state index in [0.717, 1.165) is 49.2 Å². The first-order valence-corrected chi connectivity index (χ1v) is 12.6. The van der Waals surface area contributed by atoms with Crippen LogP contribution in [0, 0.1) is 5.92 Å². The van der Waals surface area contributed by atoms with Gasteiger partial charge in [-0.25, -0.2) is 0 Å². The molecule has 180 valence electrons. The monoisotopic (exact) mass is 454 g/mol. The highest BCUT2D eigenvalue weighted by molar-refractivity contribution is 6.62. The number of rotatable bonds is 4. The molecule has 2 atom stereocenters. The average molecular weight is 454 g/mol. The van der Waals surface area contributed by atoms with Crippen LogP contribution in [0.5, 0.6) is 0 Å². The fourth-order valence-corrected chi connectivity index (χ4v) is 5.66. The van der Waals surface area contributed by atoms with Crippen LogP contribution in [-0.4, -0.2) is 55.6 Å². The maximum atomic E-state index is 13.5. The molecule has 1 saturated carbocycles. The molecule has 1 aromatic carbocycles. The van der Waals surface area contributed by atoms with Gasteiger partial charge < -0.3 is 24.3 Å². The lowest BCUT2D eigenvalue weighted by molar-refractivity contribution is -0.123. The molecule has 2 saturated heterocycles. The summed E-state index contributed by atoms with van der Waals surface area (Å²) < 4.78 is 18.2. The molecule has 1 amide bonds. The van der Waals surface area contributed by atoms with E-state index in [-0.39, 0.29) is 23.2 Å². The Bertz CT molecular complexity index is 924. The molecule has 0 radical (unpaired) electrons. The number of ether oxygens (including phenoxy) is 1. The van der Waals surface area contributed by atoms with Gasteiger partial charge in [-0.15, -0.1) is 0 Å². The lowest BCUT2D eigenvalue weighted by atomic mass is 9.76. The number of carbonyl (C=O) groups excluding carboxylic acids is 1. The summed E-state index contributed by atoms with van der Waals surface area (Å²) in [6.45, 7) is 16.3. The Morgan fingerprint density at radius 1 is 1.06 bits per heavy atom. The molecule has 33 heavy (non-hydrogen) atoms. The lowest BCUT2D eigenvalue weighted by Crippen LogP contribution is -2.58. The van der Waals surface area contributed by atoms with Gasteiger partial charge in [-0.3, -0.25) is 4.79 Å². The molecule has 1 N–H and O–H groups in total. The molecule has 0 aromatic heterocycles. The number of anilines is 1. The Morgan fingerprint density at radius 2 is 1.73 bits per heavy atom. The number of amides is 1. The van der Waals surface area contributed by atoms with Crippen molar-refractivity contribution in [2.75, 3.05) is 18.1 Å². The summed E-state index contributed by atoms with van der Waals surface area (Å²) in [5.41, 5.74) is 1.81. The van der Waals surface area contributed by atoms with Gasteiger partial charge in [-0.05, 0) is 83.8 Å². The van der Waals surface area contributed by atoms with Crippen LogP contribution in [0.2, 0.25) is 0 Å². The van der Waals surface area contributed by atoms with Gasteiger partial charge in [0.25, 0.3) is 0 Å². The quantitative estimate of drug-likeness (QED) is 0.709. The number of nitrogens with zero attached hydrogens (tertiary/aromatic N) is 1. The first-order chi connectivity index (χ1) is 15.4. The van der Waals surface area contributed by atoms with Crippen molar-refractivity contribution in [3.63, 3.8) is 0 Å². The van der Waals surface area contributed by atoms with Crippen molar-refractivity contribution in [1.29, 1.82) is 0 Å². The number of hydrogen-bond donors (Lipinski definition) is 1. The summed E-state index contributed by atoms with van der Waals surface area (Å²) in [6, 6.07) is 7.51. The van der Waals surface area contributed by atoms with Gasteiger partial charge >= 0.3 is 7.12 Å². The maximum Gasteiger partial charge on any atom is 0.494 e. The van der Waals surface area contributed by atoms with Gasteiger partial charge in [0, 0.05) is 30.4 Å². The largest absolute Gasteiger partial charge is 0.494 e. The van der Waals surface area contributed by atoms with Crippen LogP contribution in [0.25, 0.3) is 0 Å². The predicted molar refractivity (Wildman–Crippen MR) is 131 cm³/mol. The van der Waals surface area contributed by atoms with Crippen LogP contribution < -0.4 is 15.7 Å². The van der Waals surface area contributed by atoms with Crippen LogP contribution in [0.15, 0.2) is 18.2 Å². The van der Waals surface area contributed by atoms with Crippen LogP contribution in [0.4, 0.5) is 5.69 Å². The minimum atomic E-state index is -0.516. The summed E-state index contributed by atoms with van der Waals surface area (Å²) in [7, 11) is -0.424. The number of carbonyl (C=O) groups is 1. The van der Waals surface area contributed by atoms with E-state index in [1.54, 1.807) is 0 Å². The third-order valence-electron chi connectivity index (χ3n) is 8.80. The standard InChI is InChI=1S/C26H39BN2O4/c1-16-15-31-11-10-21(16)28-18-13-19(14-18)29-22-12-17(8-9-20(22)24(2,3)23(29)30)27-32-25(4,5)26(6,7)33-27/h8-9,12,16,18-19,21,28H,10-11,13-15H2,1-7H3/t16-,18?,19?,21-/m1/s1. The fraction of sp³-hybridized carbons (Fsp3) is 0.731. The highest BCUT2D eigenvalue weighted by Gasteiger charge is 2.53. The summed E-state index contributed by atoms with van der Waals surface area (Å²) in [5.74, 6) is 0.736. The van der Waals surface area contributed by atoms with Gasteiger partial charge in [0.1, 0.15) is 0 Å². The molecule has 3 heterocycles. The second kappa shape index (κ2) is 7.80. The first kappa shape index (κ1) is 23.3. The molecule has 6 nitrogen and oxygen atoms in total. The highest BCUT2D eigenvalue weighted by Crippen LogP contribution is 2.46. The molecule has 3 aliphatic heterocycles. The molecule has 1 aliphatic carbocycles. The average Bonchev–Trinajstić information content (AvgIpc) is 3.05. The Balaban J connectivity index is 1.34. The zero-order valence-corrected chi connectivity index (χ0v) is 21.2. The van der Waals surface area contributed by atoms with Crippen LogP contribution in [0.3, 0.4) is 0 Å². The second-order valence-electron chi connectivity index (χ2n) is 12.1. The normalized spacial score (nSPS) is 34.3. The van der Waals surface area contributed by atoms with E-state index in [0.29, 0.717) is 18.0 Å². The van der Waals surface area contributed by atoms with E-state index in [4.69, 9.17) is 14.0 Å². The van der Waals surface area contributed by atoms with Gasteiger partial charge in [0.2, 0.25) is 5.91 Å². The lowest BCUT2D eigenvalue weighted by Gasteiger charge is -2.45. The highest BCUT2D eigenvalue weighted by atomic mass is 16.7. The zero-order valence-electron chi connectivity index (χ0n) is 21.2. The minimum Gasteiger partial charge on any atom is -0.399 e. The number of fused-ring (bicyclic) bond motifs is 1. The summed E-state index contributed by atoms with van der Waals surface area (Å²) >= 11 is 0. The third-order valence-corrected chi connectivity index (χ3v) is 8.80. The van der Waals surface area contributed by atoms with Crippen molar-refractivity contribution in [2.45, 2.75) is 102 Å². The predicted octanol–water partition coefficient (Wildman–Crippen LogP) is 3.16.